The molecule has 0 unspecified atom stereocenters. The molecule has 2 rings (SSSR count). The lowest BCUT2D eigenvalue weighted by Gasteiger charge is -2.22. The summed E-state index contributed by atoms with van der Waals surface area (Å²) in [5.74, 6) is -1.52. The fraction of sp³-hybridized carbons (Fsp3) is 0.176. The molecule has 0 aromatic heterocycles. The van der Waals surface area contributed by atoms with E-state index < -0.39 is 29.2 Å². The number of hydrogen-bond donors (Lipinski definition) is 1. The van der Waals surface area contributed by atoms with Crippen LogP contribution in [-0.4, -0.2) is 29.9 Å². The van der Waals surface area contributed by atoms with E-state index in [1.807, 2.05) is 0 Å². The Hall–Kier alpha value is -3.20. The molecule has 10 heteroatoms. The molecule has 0 heterocycles. The Morgan fingerprint density at radius 3 is 2.44 bits per heavy atom. The number of nitro groups is 1. The van der Waals surface area contributed by atoms with E-state index in [-0.39, 0.29) is 29.4 Å². The van der Waals surface area contributed by atoms with Crippen LogP contribution in [0.2, 0.25) is 5.02 Å². The van der Waals surface area contributed by atoms with E-state index in [1.165, 1.54) is 41.3 Å². The van der Waals surface area contributed by atoms with Crippen LogP contribution in [0, 0.1) is 15.9 Å². The van der Waals surface area contributed by atoms with Crippen molar-refractivity contribution in [3.8, 4) is 5.75 Å². The maximum Gasteiger partial charge on any atom is 0.271 e. The minimum atomic E-state index is -0.610. The zero-order valence-corrected chi connectivity index (χ0v) is 14.7. The number of nitro benzene ring substituents is 1. The van der Waals surface area contributed by atoms with E-state index >= 15 is 0 Å². The van der Waals surface area contributed by atoms with Crippen molar-refractivity contribution in [2.24, 2.45) is 5.73 Å². The number of amides is 2. The van der Waals surface area contributed by atoms with Crippen molar-refractivity contribution in [2.45, 2.75) is 6.42 Å². The van der Waals surface area contributed by atoms with Gasteiger partial charge >= 0.3 is 0 Å². The van der Waals surface area contributed by atoms with Crippen LogP contribution < -0.4 is 15.4 Å². The molecule has 27 heavy (non-hydrogen) atoms. The lowest BCUT2D eigenvalue weighted by atomic mass is 10.2. The highest BCUT2D eigenvalue weighted by Gasteiger charge is 2.18. The summed E-state index contributed by atoms with van der Waals surface area (Å²) < 4.78 is 18.4. The van der Waals surface area contributed by atoms with Gasteiger partial charge in [0, 0.05) is 30.8 Å². The van der Waals surface area contributed by atoms with Gasteiger partial charge in [-0.05, 0) is 30.3 Å². The topological polar surface area (TPSA) is 116 Å². The summed E-state index contributed by atoms with van der Waals surface area (Å²) in [7, 11) is 0. The Kier molecular flexibility index (Phi) is 6.67. The number of hydrogen-bond acceptors (Lipinski definition) is 5. The lowest BCUT2D eigenvalue weighted by Crippen LogP contribution is -2.37. The molecule has 0 saturated carbocycles. The number of anilines is 1. The second-order valence-corrected chi connectivity index (χ2v) is 5.81. The van der Waals surface area contributed by atoms with Crippen molar-refractivity contribution in [2.75, 3.05) is 18.1 Å². The van der Waals surface area contributed by atoms with Gasteiger partial charge < -0.3 is 15.4 Å². The molecule has 2 amide bonds. The van der Waals surface area contributed by atoms with Gasteiger partial charge in [-0.15, -0.1) is 0 Å². The Morgan fingerprint density at radius 1 is 1.22 bits per heavy atom. The first-order valence-corrected chi connectivity index (χ1v) is 8.06. The quantitative estimate of drug-likeness (QED) is 0.545. The number of primary amides is 1. The highest BCUT2D eigenvalue weighted by Crippen LogP contribution is 2.28. The second-order valence-electron chi connectivity index (χ2n) is 5.40. The zero-order chi connectivity index (χ0) is 20.0. The summed E-state index contributed by atoms with van der Waals surface area (Å²) in [5, 5.41) is 10.7. The van der Waals surface area contributed by atoms with Gasteiger partial charge in [0.25, 0.3) is 11.6 Å². The molecule has 2 N–H and O–H groups in total. The van der Waals surface area contributed by atoms with Gasteiger partial charge in [-0.25, -0.2) is 4.39 Å². The maximum atomic E-state index is 13.1. The third kappa shape index (κ3) is 5.65. The predicted molar refractivity (Wildman–Crippen MR) is 96.2 cm³/mol. The lowest BCUT2D eigenvalue weighted by molar-refractivity contribution is -0.384. The van der Waals surface area contributed by atoms with E-state index in [0.717, 1.165) is 6.07 Å². The van der Waals surface area contributed by atoms with Gasteiger partial charge in [0.15, 0.2) is 6.61 Å². The summed E-state index contributed by atoms with van der Waals surface area (Å²) in [6, 6.07) is 8.68. The van der Waals surface area contributed by atoms with Crippen LogP contribution in [0.5, 0.6) is 5.75 Å². The SMILES string of the molecule is NC(=O)CCN(C(=O)COc1ccc([N+](=O)[O-])cc1Cl)c1ccc(F)cc1. The van der Waals surface area contributed by atoms with Gasteiger partial charge in [-0.3, -0.25) is 19.7 Å². The Labute approximate surface area is 158 Å². The predicted octanol–water partition coefficient (Wildman–Crippen LogP) is 2.67. The summed E-state index contributed by atoms with van der Waals surface area (Å²) in [6.07, 6.45) is -0.0958. The smallest absolute Gasteiger partial charge is 0.271 e. The largest absolute Gasteiger partial charge is 0.482 e. The molecule has 0 bridgehead atoms. The van der Waals surface area contributed by atoms with Crippen LogP contribution in [0.1, 0.15) is 6.42 Å². The molecule has 0 spiro atoms. The number of nitrogens with zero attached hydrogens (tertiary/aromatic N) is 2. The molecule has 0 fully saturated rings. The number of carbonyl (C=O) groups excluding carboxylic acids is 2. The Bertz CT molecular complexity index is 860. The highest BCUT2D eigenvalue weighted by molar-refractivity contribution is 6.32. The average Bonchev–Trinajstić information content (AvgIpc) is 2.61. The van der Waals surface area contributed by atoms with E-state index in [2.05, 4.69) is 0 Å². The molecule has 0 atom stereocenters. The molecule has 142 valence electrons. The normalized spacial score (nSPS) is 10.3. The van der Waals surface area contributed by atoms with Crippen LogP contribution >= 0.6 is 11.6 Å². The van der Waals surface area contributed by atoms with Gasteiger partial charge in [0.05, 0.1) is 9.95 Å². The monoisotopic (exact) mass is 395 g/mol. The fourth-order valence-corrected chi connectivity index (χ4v) is 2.41. The molecule has 0 aliphatic rings. The Morgan fingerprint density at radius 2 is 1.89 bits per heavy atom. The van der Waals surface area contributed by atoms with Gasteiger partial charge in [-0.2, -0.15) is 0 Å². The summed E-state index contributed by atoms with van der Waals surface area (Å²) in [5.41, 5.74) is 5.27. The number of rotatable bonds is 8. The van der Waals surface area contributed by atoms with Crippen molar-refractivity contribution in [3.05, 3.63) is 63.4 Å². The zero-order valence-electron chi connectivity index (χ0n) is 13.9. The number of carbonyl (C=O) groups is 2. The average molecular weight is 396 g/mol. The molecule has 0 saturated heterocycles. The van der Waals surface area contributed by atoms with Crippen molar-refractivity contribution in [1.82, 2.24) is 0 Å². The summed E-state index contributed by atoms with van der Waals surface area (Å²) in [6.45, 7) is -0.467. The van der Waals surface area contributed by atoms with Gasteiger partial charge in [0.2, 0.25) is 5.91 Å². The summed E-state index contributed by atoms with van der Waals surface area (Å²) in [4.78, 5) is 34.9. The minimum Gasteiger partial charge on any atom is -0.482 e. The fourth-order valence-electron chi connectivity index (χ4n) is 2.18. The van der Waals surface area contributed by atoms with Crippen LogP contribution in [-0.2, 0) is 9.59 Å². The number of benzene rings is 2. The van der Waals surface area contributed by atoms with Gasteiger partial charge in [-0.1, -0.05) is 11.6 Å². The van der Waals surface area contributed by atoms with E-state index in [0.29, 0.717) is 5.69 Å². The number of non-ortho nitro benzene ring substituents is 1. The number of ether oxygens (including phenoxy) is 1. The van der Waals surface area contributed by atoms with Crippen LogP contribution in [0.3, 0.4) is 0 Å². The molecule has 8 nitrogen and oxygen atoms in total. The van der Waals surface area contributed by atoms with E-state index in [9.17, 15) is 24.1 Å². The third-order valence-electron chi connectivity index (χ3n) is 3.50. The first kappa shape index (κ1) is 20.1. The molecule has 2 aromatic rings. The van der Waals surface area contributed by atoms with E-state index in [4.69, 9.17) is 22.1 Å². The standard InChI is InChI=1S/C17H15ClFN3O5/c18-14-9-13(22(25)26)5-6-15(14)27-10-17(24)21(8-7-16(20)23)12-3-1-11(19)2-4-12/h1-6,9H,7-8,10H2,(H2,20,23). The molecule has 2 aromatic carbocycles. The second kappa shape index (κ2) is 8.95. The molecule has 0 aliphatic heterocycles. The van der Waals surface area contributed by atoms with Crippen LogP contribution in [0.15, 0.2) is 42.5 Å². The Balaban J connectivity index is 2.12. The first-order valence-electron chi connectivity index (χ1n) is 7.69. The molecule has 0 radical (unpaired) electrons. The van der Waals surface area contributed by atoms with Crippen molar-refractivity contribution in [1.29, 1.82) is 0 Å². The molecular formula is C17H15ClFN3O5. The van der Waals surface area contributed by atoms with Crippen molar-refractivity contribution < 1.29 is 23.6 Å². The highest BCUT2D eigenvalue weighted by atomic mass is 35.5. The number of halogens is 2. The molecule has 0 aliphatic carbocycles. The minimum absolute atomic E-state index is 0.0167. The van der Waals surface area contributed by atoms with Gasteiger partial charge in [0.1, 0.15) is 11.6 Å². The summed E-state index contributed by atoms with van der Waals surface area (Å²) >= 11 is 5.92. The molecular weight excluding hydrogens is 381 g/mol. The van der Waals surface area contributed by atoms with Crippen LogP contribution in [0.4, 0.5) is 15.8 Å². The van der Waals surface area contributed by atoms with Crippen LogP contribution in [0.25, 0.3) is 0 Å². The third-order valence-corrected chi connectivity index (χ3v) is 3.79. The number of nitrogens with two attached hydrogens (primary N) is 1. The maximum absolute atomic E-state index is 13.1. The van der Waals surface area contributed by atoms with Crippen molar-refractivity contribution >= 4 is 34.8 Å². The van der Waals surface area contributed by atoms with E-state index in [1.54, 1.807) is 0 Å². The first-order chi connectivity index (χ1) is 12.8. The van der Waals surface area contributed by atoms with Crippen molar-refractivity contribution in [3.63, 3.8) is 0 Å².